The molecule has 1 spiro atoms. The molecule has 4 atom stereocenters. The van der Waals surface area contributed by atoms with Crippen LogP contribution < -0.4 is 0 Å². The van der Waals surface area contributed by atoms with Crippen LogP contribution in [0.15, 0.2) is 41.4 Å². The second kappa shape index (κ2) is 5.93. The van der Waals surface area contributed by atoms with Crippen molar-refractivity contribution in [1.82, 2.24) is 4.90 Å². The lowest BCUT2D eigenvalue weighted by Crippen LogP contribution is -2.63. The zero-order chi connectivity index (χ0) is 17.2. The number of methoxy groups -OCH3 is 1. The smallest absolute Gasteiger partial charge is 0.314 e. The van der Waals surface area contributed by atoms with E-state index in [-0.39, 0.29) is 35.1 Å². The summed E-state index contributed by atoms with van der Waals surface area (Å²) in [6.45, 7) is 4.34. The molecule has 5 heteroatoms. The fourth-order valence-corrected chi connectivity index (χ4v) is 6.17. The molecule has 2 fully saturated rings. The molecule has 4 unspecified atom stereocenters. The molecule has 3 heterocycles. The molecule has 0 aromatic heterocycles. The van der Waals surface area contributed by atoms with E-state index in [4.69, 9.17) is 9.73 Å². The summed E-state index contributed by atoms with van der Waals surface area (Å²) in [5.41, 5.74) is 3.32. The summed E-state index contributed by atoms with van der Waals surface area (Å²) < 4.78 is 5.21. The molecule has 1 aromatic rings. The maximum absolute atomic E-state index is 12.7. The van der Waals surface area contributed by atoms with Crippen molar-refractivity contribution in [3.63, 3.8) is 0 Å². The predicted molar refractivity (Wildman–Crippen MR) is 104 cm³/mol. The highest BCUT2D eigenvalue weighted by molar-refractivity contribution is 6.13. The number of esters is 1. The molecular formula is C21H25ClN2O2. The lowest BCUT2D eigenvalue weighted by Gasteiger charge is -2.55. The minimum Gasteiger partial charge on any atom is -0.469 e. The minimum absolute atomic E-state index is 0. The third-order valence-corrected chi connectivity index (χ3v) is 7.10. The Hall–Kier alpha value is -1.65. The average Bonchev–Trinajstić information content (AvgIpc) is 3.21. The highest BCUT2D eigenvalue weighted by atomic mass is 35.5. The first kappa shape index (κ1) is 17.7. The maximum Gasteiger partial charge on any atom is 0.314 e. The van der Waals surface area contributed by atoms with Gasteiger partial charge in [-0.2, -0.15) is 0 Å². The van der Waals surface area contributed by atoms with Crippen LogP contribution in [0.5, 0.6) is 0 Å². The van der Waals surface area contributed by atoms with Gasteiger partial charge in [0.15, 0.2) is 0 Å². The number of hydrogen-bond donors (Lipinski definition) is 0. The molecule has 1 saturated carbocycles. The van der Waals surface area contributed by atoms with Crippen molar-refractivity contribution in [2.45, 2.75) is 37.6 Å². The average molecular weight is 373 g/mol. The molecule has 0 amide bonds. The number of carbonyl (C=O) groups is 1. The van der Waals surface area contributed by atoms with Crippen LogP contribution in [0.1, 0.15) is 31.7 Å². The third-order valence-electron chi connectivity index (χ3n) is 7.10. The molecule has 0 radical (unpaired) electrons. The largest absolute Gasteiger partial charge is 0.469 e. The number of rotatable bonds is 2. The van der Waals surface area contributed by atoms with Crippen molar-refractivity contribution in [3.8, 4) is 0 Å². The maximum atomic E-state index is 12.7. The number of halogens is 1. The molecular weight excluding hydrogens is 348 g/mol. The summed E-state index contributed by atoms with van der Waals surface area (Å²) in [6.07, 6.45) is 7.59. The molecule has 1 aliphatic carbocycles. The van der Waals surface area contributed by atoms with E-state index in [0.29, 0.717) is 6.04 Å². The molecule has 138 valence electrons. The fraction of sp³-hybridized carbons (Fsp3) is 0.524. The van der Waals surface area contributed by atoms with Crippen molar-refractivity contribution < 1.29 is 9.53 Å². The minimum atomic E-state index is -0.240. The van der Waals surface area contributed by atoms with E-state index < -0.39 is 0 Å². The van der Waals surface area contributed by atoms with Gasteiger partial charge in [0, 0.05) is 30.3 Å². The molecule has 4 aliphatic rings. The lowest BCUT2D eigenvalue weighted by molar-refractivity contribution is -0.145. The molecule has 3 aliphatic heterocycles. The first-order chi connectivity index (χ1) is 12.2. The van der Waals surface area contributed by atoms with Crippen molar-refractivity contribution in [1.29, 1.82) is 0 Å². The second-order valence-corrected chi connectivity index (χ2v) is 7.90. The van der Waals surface area contributed by atoms with Crippen LogP contribution in [-0.2, 0) is 14.9 Å². The van der Waals surface area contributed by atoms with E-state index in [2.05, 4.69) is 42.2 Å². The fourth-order valence-electron chi connectivity index (χ4n) is 6.17. The van der Waals surface area contributed by atoms with Crippen LogP contribution in [0.4, 0.5) is 5.69 Å². The van der Waals surface area contributed by atoms with E-state index in [1.165, 1.54) is 12.7 Å². The number of benzene rings is 1. The summed E-state index contributed by atoms with van der Waals surface area (Å²) >= 11 is 0. The number of ether oxygens (including phenoxy) is 1. The van der Waals surface area contributed by atoms with E-state index in [0.717, 1.165) is 43.8 Å². The molecule has 0 N–H and O–H groups in total. The van der Waals surface area contributed by atoms with Crippen molar-refractivity contribution in [3.05, 3.63) is 42.0 Å². The van der Waals surface area contributed by atoms with Crippen LogP contribution in [-0.4, -0.2) is 42.8 Å². The highest BCUT2D eigenvalue weighted by Crippen LogP contribution is 2.62. The van der Waals surface area contributed by atoms with Gasteiger partial charge in [-0.15, -0.1) is 12.4 Å². The van der Waals surface area contributed by atoms with Crippen LogP contribution in [0.25, 0.3) is 0 Å². The Morgan fingerprint density at radius 2 is 2.19 bits per heavy atom. The van der Waals surface area contributed by atoms with E-state index in [9.17, 15) is 4.79 Å². The van der Waals surface area contributed by atoms with Crippen LogP contribution >= 0.6 is 12.4 Å². The van der Waals surface area contributed by atoms with Crippen LogP contribution in [0.2, 0.25) is 0 Å². The standard InChI is InChI=1S/C21H24N2O2.ClH/c1-3-20-9-6-11-23-12-10-21(19(20)23)15-7-4-5-8-16(15)22-17(21)14(13-20)18(24)25-2;/h4-9,14,19H,3,10-13H2,1-2H3;1H. The Labute approximate surface area is 160 Å². The number of nitrogens with zero attached hydrogens (tertiary/aromatic N) is 2. The van der Waals surface area contributed by atoms with Gasteiger partial charge in [-0.05, 0) is 30.9 Å². The zero-order valence-corrected chi connectivity index (χ0v) is 16.1. The molecule has 1 aromatic carbocycles. The van der Waals surface area contributed by atoms with Gasteiger partial charge in [0.05, 0.1) is 24.1 Å². The van der Waals surface area contributed by atoms with E-state index in [1.54, 1.807) is 0 Å². The van der Waals surface area contributed by atoms with Gasteiger partial charge >= 0.3 is 5.97 Å². The van der Waals surface area contributed by atoms with Gasteiger partial charge in [-0.25, -0.2) is 0 Å². The van der Waals surface area contributed by atoms with Crippen LogP contribution in [0.3, 0.4) is 0 Å². The Kier molecular flexibility index (Phi) is 4.05. The summed E-state index contributed by atoms with van der Waals surface area (Å²) in [5, 5.41) is 0. The summed E-state index contributed by atoms with van der Waals surface area (Å²) in [5.74, 6) is -0.370. The number of para-hydroxylation sites is 1. The number of aliphatic imine (C=N–C) groups is 1. The topological polar surface area (TPSA) is 41.9 Å². The first-order valence-corrected chi connectivity index (χ1v) is 9.34. The number of carbonyl (C=O) groups excluding carboxylic acids is 1. The molecule has 0 bridgehead atoms. The van der Waals surface area contributed by atoms with Gasteiger partial charge in [0.2, 0.25) is 0 Å². The Balaban J connectivity index is 0.00000168. The predicted octanol–water partition coefficient (Wildman–Crippen LogP) is 3.67. The van der Waals surface area contributed by atoms with Crippen molar-refractivity contribution in [2.24, 2.45) is 16.3 Å². The zero-order valence-electron chi connectivity index (χ0n) is 15.3. The highest BCUT2D eigenvalue weighted by Gasteiger charge is 2.67. The van der Waals surface area contributed by atoms with Crippen molar-refractivity contribution >= 4 is 29.8 Å². The Morgan fingerprint density at radius 1 is 1.38 bits per heavy atom. The summed E-state index contributed by atoms with van der Waals surface area (Å²) in [7, 11) is 1.50. The van der Waals surface area contributed by atoms with Gasteiger partial charge < -0.3 is 4.74 Å². The van der Waals surface area contributed by atoms with Gasteiger partial charge in [-0.1, -0.05) is 37.3 Å². The summed E-state index contributed by atoms with van der Waals surface area (Å²) in [4.78, 5) is 20.4. The first-order valence-electron chi connectivity index (χ1n) is 9.34. The quantitative estimate of drug-likeness (QED) is 0.587. The van der Waals surface area contributed by atoms with Gasteiger partial charge in [0.25, 0.3) is 0 Å². The third kappa shape index (κ3) is 1.95. The normalized spacial score (nSPS) is 36.5. The Morgan fingerprint density at radius 3 is 2.96 bits per heavy atom. The van der Waals surface area contributed by atoms with Gasteiger partial charge in [0.1, 0.15) is 0 Å². The monoisotopic (exact) mass is 372 g/mol. The van der Waals surface area contributed by atoms with Crippen LogP contribution in [0, 0.1) is 11.3 Å². The second-order valence-electron chi connectivity index (χ2n) is 7.90. The molecule has 1 saturated heterocycles. The SMILES string of the molecule is CCC12C=CCN3CCC4(C(=Nc5ccccc54)C(C(=O)OC)C1)C32.Cl. The molecule has 5 rings (SSSR count). The number of hydrogen-bond acceptors (Lipinski definition) is 4. The Bertz CT molecular complexity index is 820. The van der Waals surface area contributed by atoms with E-state index >= 15 is 0 Å². The van der Waals surface area contributed by atoms with Crippen molar-refractivity contribution in [2.75, 3.05) is 20.2 Å². The number of fused-ring (bicyclic) bond motifs is 1. The lowest BCUT2D eigenvalue weighted by atomic mass is 9.51. The molecule has 4 nitrogen and oxygen atoms in total. The van der Waals surface area contributed by atoms with Gasteiger partial charge in [-0.3, -0.25) is 14.7 Å². The van der Waals surface area contributed by atoms with E-state index in [1.807, 2.05) is 6.07 Å². The molecule has 26 heavy (non-hydrogen) atoms. The summed E-state index contributed by atoms with van der Waals surface area (Å²) in [6, 6.07) is 8.89.